The molecule has 2 aliphatic heterocycles. The van der Waals surface area contributed by atoms with Crippen molar-refractivity contribution < 1.29 is 9.53 Å². The number of nitrogens with zero attached hydrogens (tertiary/aromatic N) is 6. The van der Waals surface area contributed by atoms with Crippen molar-refractivity contribution in [1.82, 2.24) is 29.7 Å². The number of halogens is 1. The van der Waals surface area contributed by atoms with E-state index in [2.05, 4.69) is 41.5 Å². The maximum Gasteiger partial charge on any atom is 0.260 e. The molecule has 1 saturated heterocycles. The molecule has 0 saturated carbocycles. The van der Waals surface area contributed by atoms with Crippen LogP contribution < -0.4 is 15.4 Å². The first kappa shape index (κ1) is 26.0. The molecular formula is C29H29ClN8O2. The van der Waals surface area contributed by atoms with E-state index in [9.17, 15) is 4.79 Å². The second-order valence-corrected chi connectivity index (χ2v) is 10.3. The Kier molecular flexibility index (Phi) is 7.69. The number of carbonyl (C=O) groups excluding carboxylic acids is 1. The maximum absolute atomic E-state index is 13.0. The van der Waals surface area contributed by atoms with Crippen molar-refractivity contribution >= 4 is 40.6 Å². The first-order valence-electron chi connectivity index (χ1n) is 13.2. The van der Waals surface area contributed by atoms with E-state index in [1.807, 2.05) is 47.6 Å². The zero-order chi connectivity index (χ0) is 27.3. The number of hydrogen-bond acceptors (Lipinski definition) is 9. The van der Waals surface area contributed by atoms with Crippen LogP contribution in [0.2, 0.25) is 5.02 Å². The number of nitrogens with one attached hydrogen (secondary N) is 2. The zero-order valence-electron chi connectivity index (χ0n) is 21.9. The van der Waals surface area contributed by atoms with Gasteiger partial charge >= 0.3 is 0 Å². The van der Waals surface area contributed by atoms with Crippen LogP contribution in [0.3, 0.4) is 0 Å². The summed E-state index contributed by atoms with van der Waals surface area (Å²) in [4.78, 5) is 34.6. The number of piperazine rings is 1. The molecule has 3 aromatic heterocycles. The summed E-state index contributed by atoms with van der Waals surface area (Å²) in [5.74, 6) is 1.57. The van der Waals surface area contributed by atoms with E-state index in [-0.39, 0.29) is 12.5 Å². The summed E-state index contributed by atoms with van der Waals surface area (Å²) in [6, 6.07) is 11.8. The lowest BCUT2D eigenvalue weighted by Gasteiger charge is -2.34. The van der Waals surface area contributed by atoms with E-state index in [1.54, 1.807) is 18.6 Å². The molecule has 1 fully saturated rings. The van der Waals surface area contributed by atoms with Crippen molar-refractivity contribution in [2.75, 3.05) is 43.4 Å². The highest BCUT2D eigenvalue weighted by molar-refractivity contribution is 6.32. The van der Waals surface area contributed by atoms with Crippen LogP contribution in [-0.2, 0) is 24.2 Å². The third-order valence-electron chi connectivity index (χ3n) is 7.01. The molecule has 11 heteroatoms. The number of carbonyl (C=O) groups is 1. The van der Waals surface area contributed by atoms with Gasteiger partial charge < -0.3 is 20.3 Å². The molecule has 0 atom stereocenters. The number of aromatic nitrogens is 4. The largest absolute Gasteiger partial charge is 0.483 e. The van der Waals surface area contributed by atoms with Gasteiger partial charge in [0.05, 0.1) is 18.1 Å². The van der Waals surface area contributed by atoms with Crippen LogP contribution >= 0.6 is 11.6 Å². The molecular weight excluding hydrogens is 528 g/mol. The van der Waals surface area contributed by atoms with Gasteiger partial charge in [0.15, 0.2) is 12.4 Å². The van der Waals surface area contributed by atoms with Gasteiger partial charge in [0.25, 0.3) is 5.91 Å². The number of aryl methyl sites for hydroxylation is 2. The Bertz CT molecular complexity index is 1490. The topological polar surface area (TPSA) is 108 Å². The molecule has 0 radical (unpaired) electrons. The minimum atomic E-state index is -0.0108. The van der Waals surface area contributed by atoms with Gasteiger partial charge in [0, 0.05) is 57.0 Å². The van der Waals surface area contributed by atoms with Crippen molar-refractivity contribution in [3.05, 3.63) is 89.1 Å². The molecule has 4 aromatic rings. The molecule has 10 nitrogen and oxygen atoms in total. The van der Waals surface area contributed by atoms with E-state index in [4.69, 9.17) is 16.3 Å². The molecule has 2 aliphatic rings. The van der Waals surface area contributed by atoms with E-state index in [0.29, 0.717) is 42.0 Å². The van der Waals surface area contributed by atoms with Gasteiger partial charge in [-0.25, -0.2) is 4.98 Å². The van der Waals surface area contributed by atoms with Crippen LogP contribution in [0.1, 0.15) is 16.7 Å². The van der Waals surface area contributed by atoms with Gasteiger partial charge in [-0.05, 0) is 59.9 Å². The van der Waals surface area contributed by atoms with Crippen molar-refractivity contribution in [3.63, 3.8) is 0 Å². The quantitative estimate of drug-likeness (QED) is 0.373. The minimum Gasteiger partial charge on any atom is -0.483 e. The molecule has 204 valence electrons. The summed E-state index contributed by atoms with van der Waals surface area (Å²) in [5, 5.41) is 6.88. The Labute approximate surface area is 237 Å². The number of amides is 1. The number of fused-ring (bicyclic) bond motifs is 6. The average molecular weight is 557 g/mol. The fourth-order valence-corrected chi connectivity index (χ4v) is 5.02. The van der Waals surface area contributed by atoms with Crippen LogP contribution in [0.25, 0.3) is 0 Å². The van der Waals surface area contributed by atoms with Crippen LogP contribution in [0, 0.1) is 0 Å². The van der Waals surface area contributed by atoms with Crippen molar-refractivity contribution in [2.45, 2.75) is 19.4 Å². The van der Waals surface area contributed by atoms with Crippen LogP contribution in [0.4, 0.5) is 23.1 Å². The number of anilines is 4. The monoisotopic (exact) mass is 556 g/mol. The van der Waals surface area contributed by atoms with E-state index in [0.717, 1.165) is 48.6 Å². The summed E-state index contributed by atoms with van der Waals surface area (Å²) in [6.07, 6.45) is 10.2. The number of pyridine rings is 2. The molecule has 2 N–H and O–H groups in total. The Morgan fingerprint density at radius 2 is 1.85 bits per heavy atom. The predicted molar refractivity (Wildman–Crippen MR) is 153 cm³/mol. The van der Waals surface area contributed by atoms with Crippen molar-refractivity contribution in [1.29, 1.82) is 0 Å². The number of ether oxygens (including phenoxy) is 1. The third kappa shape index (κ3) is 6.30. The minimum absolute atomic E-state index is 0.00948. The van der Waals surface area contributed by atoms with Gasteiger partial charge in [-0.15, -0.1) is 0 Å². The fraction of sp³-hybridized carbons (Fsp3) is 0.276. The van der Waals surface area contributed by atoms with Gasteiger partial charge in [-0.2, -0.15) is 4.98 Å². The second-order valence-electron chi connectivity index (χ2n) is 9.85. The Hall–Kier alpha value is -4.28. The number of hydrogen-bond donors (Lipinski definition) is 2. The normalized spacial score (nSPS) is 15.1. The maximum atomic E-state index is 13.0. The Morgan fingerprint density at radius 3 is 2.70 bits per heavy atom. The standard InChI is InChI=1S/C29H29ClN8O2/c30-25-17-33-29-35-24-12-20(14-32-16-24)3-4-22-13-23(34-28(25)36-29)5-6-26(22)40-19-27(39)38-10-8-37(9-11-38)18-21-2-1-7-31-15-21/h1-2,5-7,12-17H,3-4,8-11,18-19H2,(H2,33,34,35,36). The highest BCUT2D eigenvalue weighted by atomic mass is 35.5. The Morgan fingerprint density at radius 1 is 0.950 bits per heavy atom. The van der Waals surface area contributed by atoms with Crippen molar-refractivity contribution in [2.24, 2.45) is 0 Å². The second kappa shape index (κ2) is 11.8. The molecule has 1 amide bonds. The molecule has 6 rings (SSSR count). The zero-order valence-corrected chi connectivity index (χ0v) is 22.6. The molecule has 5 heterocycles. The highest BCUT2D eigenvalue weighted by Gasteiger charge is 2.22. The molecule has 0 spiro atoms. The first-order chi connectivity index (χ1) is 19.6. The number of rotatable bonds is 5. The molecule has 0 unspecified atom stereocenters. The molecule has 1 aromatic carbocycles. The van der Waals surface area contributed by atoms with E-state index < -0.39 is 0 Å². The fourth-order valence-electron chi connectivity index (χ4n) is 4.88. The lowest BCUT2D eigenvalue weighted by atomic mass is 10.0. The van der Waals surface area contributed by atoms with Gasteiger partial charge in [0.2, 0.25) is 5.95 Å². The summed E-state index contributed by atoms with van der Waals surface area (Å²) in [6.45, 7) is 3.83. The Balaban J connectivity index is 1.13. The van der Waals surface area contributed by atoms with Crippen LogP contribution in [-0.4, -0.2) is 68.4 Å². The lowest BCUT2D eigenvalue weighted by Crippen LogP contribution is -2.49. The summed E-state index contributed by atoms with van der Waals surface area (Å²) < 4.78 is 6.11. The lowest BCUT2D eigenvalue weighted by molar-refractivity contribution is -0.135. The third-order valence-corrected chi connectivity index (χ3v) is 7.28. The summed E-state index contributed by atoms with van der Waals surface area (Å²) in [5.41, 5.74) is 4.82. The van der Waals surface area contributed by atoms with Crippen LogP contribution in [0.15, 0.2) is 67.4 Å². The summed E-state index contributed by atoms with van der Waals surface area (Å²) >= 11 is 6.37. The van der Waals surface area contributed by atoms with Crippen molar-refractivity contribution in [3.8, 4) is 5.75 Å². The smallest absolute Gasteiger partial charge is 0.260 e. The molecule has 0 aliphatic carbocycles. The molecule has 40 heavy (non-hydrogen) atoms. The first-order valence-corrected chi connectivity index (χ1v) is 13.6. The van der Waals surface area contributed by atoms with E-state index in [1.165, 1.54) is 5.56 Å². The van der Waals surface area contributed by atoms with Gasteiger partial charge in [-0.1, -0.05) is 17.7 Å². The predicted octanol–water partition coefficient (Wildman–Crippen LogP) is 4.23. The highest BCUT2D eigenvalue weighted by Crippen LogP contribution is 2.30. The van der Waals surface area contributed by atoms with Gasteiger partial charge in [-0.3, -0.25) is 19.7 Å². The van der Waals surface area contributed by atoms with Gasteiger partial charge in [0.1, 0.15) is 10.8 Å². The SMILES string of the molecule is O=C(COc1ccc2cc1CCc1cncc(c1)Nc1ncc(Cl)c(n1)N2)N1CCN(Cc2cccnc2)CC1. The summed E-state index contributed by atoms with van der Waals surface area (Å²) in [7, 11) is 0. The molecule has 6 bridgehead atoms. The van der Waals surface area contributed by atoms with Crippen LogP contribution in [0.5, 0.6) is 5.75 Å². The average Bonchev–Trinajstić information content (AvgIpc) is 2.98. The number of benzene rings is 1. The van der Waals surface area contributed by atoms with E-state index >= 15 is 0 Å².